The van der Waals surface area contributed by atoms with E-state index >= 15 is 0 Å². The Labute approximate surface area is 403 Å². The van der Waals surface area contributed by atoms with E-state index in [9.17, 15) is 5.11 Å². The summed E-state index contributed by atoms with van der Waals surface area (Å²) >= 11 is 0. The van der Waals surface area contributed by atoms with Crippen molar-refractivity contribution in [3.05, 3.63) is 166 Å². The maximum atomic E-state index is 11.8. The van der Waals surface area contributed by atoms with E-state index in [1.165, 1.54) is 6.20 Å². The molecule has 2 heterocycles. The zero-order valence-corrected chi connectivity index (χ0v) is 40.1. The second kappa shape index (κ2) is 16.9. The number of para-hydroxylation sites is 1. The summed E-state index contributed by atoms with van der Waals surface area (Å²) < 4.78 is 87.4. The molecule has 0 saturated heterocycles. The van der Waals surface area contributed by atoms with Gasteiger partial charge in [-0.15, -0.1) is 29.3 Å². The molecule has 0 radical (unpaired) electrons. The number of phenolic OH excluding ortho intramolecular Hbond substituents is 1. The minimum absolute atomic E-state index is 0. The van der Waals surface area contributed by atoms with Crippen molar-refractivity contribution in [2.75, 3.05) is 0 Å². The Morgan fingerprint density at radius 1 is 0.603 bits per heavy atom. The fraction of sp³-hybridized carbons (Fsp3) is 0.276. The van der Waals surface area contributed by atoms with Crippen molar-refractivity contribution in [1.82, 2.24) is 14.5 Å². The summed E-state index contributed by atoms with van der Waals surface area (Å²) in [6.07, 6.45) is 1.51. The van der Waals surface area contributed by atoms with Crippen LogP contribution in [0, 0.1) is 33.6 Å². The van der Waals surface area contributed by atoms with Crippen LogP contribution >= 0.6 is 0 Å². The Hall–Kier alpha value is -5.57. The number of aromatic hydroxyl groups is 1. The average Bonchev–Trinajstić information content (AvgIpc) is 3.67. The van der Waals surface area contributed by atoms with Gasteiger partial charge < -0.3 is 5.11 Å². The molecule has 1 N–H and O–H groups in total. The molecule has 0 atom stereocenters. The zero-order chi connectivity index (χ0) is 52.9. The van der Waals surface area contributed by atoms with Gasteiger partial charge >= 0.3 is 0 Å². The van der Waals surface area contributed by atoms with E-state index in [1.54, 1.807) is 18.2 Å². The van der Waals surface area contributed by atoms with E-state index in [0.717, 1.165) is 33.4 Å². The summed E-state index contributed by atoms with van der Waals surface area (Å²) in [6.45, 7) is 17.6. The average molecular weight is 1020 g/mol. The molecule has 0 aliphatic carbocycles. The van der Waals surface area contributed by atoms with E-state index in [0.29, 0.717) is 61.6 Å². The number of hydrogen-bond acceptors (Lipinski definition) is 3. The molecule has 0 fully saturated rings. The third-order valence-corrected chi connectivity index (χ3v) is 11.6. The number of rotatable bonds is 6. The molecular weight excluding hydrogens is 950 g/mol. The van der Waals surface area contributed by atoms with Crippen molar-refractivity contribution in [1.29, 1.82) is 0 Å². The van der Waals surface area contributed by atoms with Gasteiger partial charge in [-0.05, 0) is 124 Å². The zero-order valence-electron chi connectivity index (χ0n) is 47.8. The first-order valence-electron chi connectivity index (χ1n) is 26.0. The summed E-state index contributed by atoms with van der Waals surface area (Å²) in [5.74, 6) is 0.361. The van der Waals surface area contributed by atoms with Crippen LogP contribution < -0.4 is 0 Å². The molecule has 0 amide bonds. The van der Waals surface area contributed by atoms with Crippen molar-refractivity contribution in [3.8, 4) is 67.5 Å². The van der Waals surface area contributed by atoms with Crippen molar-refractivity contribution in [3.63, 3.8) is 0 Å². The SMILES string of the molecule is [2H]c1c([2H])c(C([2H])([2H])[2H])c([2H])c([2H])c1-c1ccnc(-c2[c-]c(-c3cccc4c3nc(-c3cc(C)cc(C)c3O)n4-c3ccc(-c4cc(C(C)(C)C)cc(C(C)(C)C)c4)cc3C([2H])([2H])[2H])cc(C(C)(C)C)c2)c1.[Pt]. The van der Waals surface area contributed by atoms with Crippen LogP contribution in [0.1, 0.15) is 115 Å². The standard InChI is InChI=1S/C58H60N3O.Pt/c1-35-17-19-39(20-18-35)41-23-24-59-50(33-41)44-28-43(31-45(32-44)56(5,6)7)48-15-14-16-52-53(48)60-55(49-26-36(2)25-38(4)54(49)62)61(52)51-22-21-40(27-37(51)3)42-29-46(57(8,9)10)34-47(30-42)58(11,12)13;/h14-27,29-34,62H,1-13H3;/q-1;/i1D3,3D3,17D,18D,19D,20D;. The molecule has 5 heteroatoms. The molecule has 0 spiro atoms. The van der Waals surface area contributed by atoms with Gasteiger partial charge in [-0.2, -0.15) is 0 Å². The normalized spacial score (nSPS) is 14.8. The molecule has 0 aliphatic heterocycles. The number of imidazole rings is 1. The number of benzene rings is 6. The summed E-state index contributed by atoms with van der Waals surface area (Å²) in [7, 11) is 0. The Morgan fingerprint density at radius 2 is 1.25 bits per heavy atom. The van der Waals surface area contributed by atoms with Gasteiger partial charge in [-0.3, -0.25) is 9.55 Å². The Bertz CT molecular complexity index is 3420. The van der Waals surface area contributed by atoms with Crippen LogP contribution in [0.25, 0.3) is 72.7 Å². The van der Waals surface area contributed by atoms with Gasteiger partial charge in [-0.1, -0.05) is 152 Å². The monoisotopic (exact) mass is 1020 g/mol. The number of aromatic nitrogens is 3. The van der Waals surface area contributed by atoms with Crippen LogP contribution in [0.4, 0.5) is 0 Å². The molecule has 4 nitrogen and oxygen atoms in total. The third kappa shape index (κ3) is 9.11. The molecule has 324 valence electrons. The second-order valence-corrected chi connectivity index (χ2v) is 19.6. The van der Waals surface area contributed by atoms with Gasteiger partial charge in [0.2, 0.25) is 0 Å². The van der Waals surface area contributed by atoms with Crippen LogP contribution in [-0.2, 0) is 37.3 Å². The quantitative estimate of drug-likeness (QED) is 0.169. The molecule has 0 saturated carbocycles. The van der Waals surface area contributed by atoms with E-state index in [-0.39, 0.29) is 48.8 Å². The molecule has 6 aromatic carbocycles. The maximum absolute atomic E-state index is 11.8. The van der Waals surface area contributed by atoms with Gasteiger partial charge in [0, 0.05) is 41.2 Å². The van der Waals surface area contributed by atoms with Crippen molar-refractivity contribution < 1.29 is 39.9 Å². The topological polar surface area (TPSA) is 50.9 Å². The molecule has 2 aromatic heterocycles. The summed E-state index contributed by atoms with van der Waals surface area (Å²) in [4.78, 5) is 10.0. The smallest absolute Gasteiger partial charge is 0.148 e. The fourth-order valence-electron chi connectivity index (χ4n) is 7.92. The van der Waals surface area contributed by atoms with Gasteiger partial charge in [0.15, 0.2) is 0 Å². The molecule has 0 bridgehead atoms. The summed E-state index contributed by atoms with van der Waals surface area (Å²) in [5.41, 5.74) is 9.58. The fourth-order valence-corrected chi connectivity index (χ4v) is 7.92. The predicted molar refractivity (Wildman–Crippen MR) is 262 cm³/mol. The van der Waals surface area contributed by atoms with Crippen molar-refractivity contribution in [2.45, 2.75) is 106 Å². The molecule has 0 aliphatic rings. The van der Waals surface area contributed by atoms with E-state index in [1.807, 2.05) is 73.0 Å². The van der Waals surface area contributed by atoms with E-state index in [2.05, 4.69) is 86.6 Å². The Morgan fingerprint density at radius 3 is 1.90 bits per heavy atom. The third-order valence-electron chi connectivity index (χ3n) is 11.6. The first-order valence-corrected chi connectivity index (χ1v) is 21.0. The molecular formula is C58H60N3OPt-. The largest absolute Gasteiger partial charge is 0.507 e. The first-order chi connectivity index (χ1) is 33.2. The van der Waals surface area contributed by atoms with Crippen LogP contribution in [0.15, 0.2) is 121 Å². The van der Waals surface area contributed by atoms with Crippen LogP contribution in [-0.4, -0.2) is 19.6 Å². The predicted octanol–water partition coefficient (Wildman–Crippen LogP) is 15.4. The number of nitrogens with zero attached hydrogens (tertiary/aromatic N) is 3. The van der Waals surface area contributed by atoms with Crippen LogP contribution in [0.5, 0.6) is 5.75 Å². The number of fused-ring (bicyclic) bond motifs is 1. The first kappa shape index (κ1) is 33.9. The van der Waals surface area contributed by atoms with E-state index < -0.39 is 48.9 Å². The summed E-state index contributed by atoms with van der Waals surface area (Å²) in [6, 6.07) is 30.1. The van der Waals surface area contributed by atoms with Gasteiger partial charge in [0.1, 0.15) is 11.6 Å². The summed E-state index contributed by atoms with van der Waals surface area (Å²) in [5, 5.41) is 11.8. The molecule has 63 heavy (non-hydrogen) atoms. The Balaban J connectivity index is 0.00000780. The van der Waals surface area contributed by atoms with Gasteiger partial charge in [-0.25, -0.2) is 4.98 Å². The number of pyridine rings is 1. The van der Waals surface area contributed by atoms with Crippen LogP contribution in [0.2, 0.25) is 0 Å². The molecule has 8 aromatic rings. The maximum Gasteiger partial charge on any atom is 0.148 e. The van der Waals surface area contributed by atoms with Crippen LogP contribution in [0.3, 0.4) is 0 Å². The Kier molecular flexibility index (Phi) is 9.07. The minimum atomic E-state index is -2.85. The number of hydrogen-bond donors (Lipinski definition) is 1. The minimum Gasteiger partial charge on any atom is -0.507 e. The van der Waals surface area contributed by atoms with Gasteiger partial charge in [0.25, 0.3) is 0 Å². The van der Waals surface area contributed by atoms with Crippen molar-refractivity contribution >= 4 is 11.0 Å². The van der Waals surface area contributed by atoms with E-state index in [4.69, 9.17) is 23.7 Å². The molecule has 8 rings (SSSR count). The number of aryl methyl sites for hydroxylation is 3. The van der Waals surface area contributed by atoms with Gasteiger partial charge in [0.05, 0.1) is 27.8 Å². The number of phenols is 1. The second-order valence-electron chi connectivity index (χ2n) is 19.6. The molecule has 0 unspecified atom stereocenters. The van der Waals surface area contributed by atoms with Crippen molar-refractivity contribution in [2.24, 2.45) is 0 Å².